The summed E-state index contributed by atoms with van der Waals surface area (Å²) in [5.74, 6) is -0.787. The minimum Gasteiger partial charge on any atom is -0.494 e. The Labute approximate surface area is 157 Å². The third-order valence-electron chi connectivity index (χ3n) is 3.61. The van der Waals surface area contributed by atoms with E-state index < -0.39 is 5.97 Å². The highest BCUT2D eigenvalue weighted by atomic mass is 32.1. The maximum absolute atomic E-state index is 12.3. The molecule has 0 aliphatic heterocycles. The standard InChI is InChI=1S/C19H20N2O4S/c1-3-10-25-14-7-4-6-13(11-14)17(22)21-19(26)20-16-9-5-8-15(12(16)2)18(23)24/h4-9,11H,3,10H2,1-2H3,(H,23,24)(H2,20,21,22,26). The van der Waals surface area contributed by atoms with Gasteiger partial charge in [-0.05, 0) is 61.5 Å². The molecule has 0 spiro atoms. The molecule has 0 saturated heterocycles. The summed E-state index contributed by atoms with van der Waals surface area (Å²) < 4.78 is 5.51. The molecule has 0 radical (unpaired) electrons. The lowest BCUT2D eigenvalue weighted by Crippen LogP contribution is -2.34. The maximum Gasteiger partial charge on any atom is 0.336 e. The first-order chi connectivity index (χ1) is 12.4. The first-order valence-electron chi connectivity index (χ1n) is 8.10. The Morgan fingerprint density at radius 1 is 1.19 bits per heavy atom. The van der Waals surface area contributed by atoms with Crippen LogP contribution < -0.4 is 15.4 Å². The van der Waals surface area contributed by atoms with Crippen LogP contribution in [0.2, 0.25) is 0 Å². The summed E-state index contributed by atoms with van der Waals surface area (Å²) in [6.45, 7) is 4.25. The van der Waals surface area contributed by atoms with Crippen LogP contribution in [0.4, 0.5) is 5.69 Å². The van der Waals surface area contributed by atoms with Gasteiger partial charge in [0.1, 0.15) is 5.75 Å². The molecular formula is C19H20N2O4S. The van der Waals surface area contributed by atoms with Crippen molar-refractivity contribution < 1.29 is 19.4 Å². The van der Waals surface area contributed by atoms with E-state index in [-0.39, 0.29) is 16.6 Å². The number of carbonyl (C=O) groups is 2. The Kier molecular flexibility index (Phi) is 6.68. The molecule has 0 saturated carbocycles. The van der Waals surface area contributed by atoms with Crippen molar-refractivity contribution in [1.82, 2.24) is 5.32 Å². The second kappa shape index (κ2) is 8.96. The second-order valence-electron chi connectivity index (χ2n) is 5.57. The number of thiocarbonyl (C=S) groups is 1. The van der Waals surface area contributed by atoms with Gasteiger partial charge in [0.05, 0.1) is 12.2 Å². The van der Waals surface area contributed by atoms with E-state index in [1.165, 1.54) is 6.07 Å². The van der Waals surface area contributed by atoms with E-state index in [1.807, 2.05) is 6.92 Å². The van der Waals surface area contributed by atoms with Crippen molar-refractivity contribution in [1.29, 1.82) is 0 Å². The number of ether oxygens (including phenoxy) is 1. The number of anilines is 1. The molecule has 0 aliphatic rings. The molecule has 6 nitrogen and oxygen atoms in total. The molecule has 2 aromatic carbocycles. The lowest BCUT2D eigenvalue weighted by molar-refractivity contribution is 0.0696. The van der Waals surface area contributed by atoms with Crippen LogP contribution in [-0.2, 0) is 0 Å². The van der Waals surface area contributed by atoms with Crippen molar-refractivity contribution in [2.45, 2.75) is 20.3 Å². The van der Waals surface area contributed by atoms with Gasteiger partial charge in [-0.25, -0.2) is 4.79 Å². The van der Waals surface area contributed by atoms with E-state index in [4.69, 9.17) is 22.1 Å². The predicted molar refractivity (Wildman–Crippen MR) is 104 cm³/mol. The lowest BCUT2D eigenvalue weighted by atomic mass is 10.1. The molecule has 2 aromatic rings. The molecular weight excluding hydrogens is 352 g/mol. The molecule has 136 valence electrons. The molecule has 0 bridgehead atoms. The van der Waals surface area contributed by atoms with Crippen LogP contribution in [0.3, 0.4) is 0 Å². The number of rotatable bonds is 6. The average Bonchev–Trinajstić information content (AvgIpc) is 2.61. The number of amides is 1. The van der Waals surface area contributed by atoms with Crippen molar-refractivity contribution in [3.63, 3.8) is 0 Å². The van der Waals surface area contributed by atoms with Crippen LogP contribution in [-0.4, -0.2) is 28.7 Å². The fourth-order valence-corrected chi connectivity index (χ4v) is 2.48. The average molecular weight is 372 g/mol. The van der Waals surface area contributed by atoms with Gasteiger partial charge in [0.25, 0.3) is 5.91 Å². The summed E-state index contributed by atoms with van der Waals surface area (Å²) in [4.78, 5) is 23.5. The Morgan fingerprint density at radius 2 is 1.92 bits per heavy atom. The normalized spacial score (nSPS) is 10.1. The summed E-state index contributed by atoms with van der Waals surface area (Å²) in [5.41, 5.74) is 1.64. The quantitative estimate of drug-likeness (QED) is 0.672. The van der Waals surface area contributed by atoms with Crippen molar-refractivity contribution >= 4 is 34.9 Å². The monoisotopic (exact) mass is 372 g/mol. The Balaban J connectivity index is 2.05. The van der Waals surface area contributed by atoms with Crippen molar-refractivity contribution in [3.05, 3.63) is 59.2 Å². The number of nitrogens with one attached hydrogen (secondary N) is 2. The number of hydrogen-bond acceptors (Lipinski definition) is 4. The molecule has 7 heteroatoms. The van der Waals surface area contributed by atoms with Crippen LogP contribution in [0.25, 0.3) is 0 Å². The zero-order valence-corrected chi connectivity index (χ0v) is 15.4. The largest absolute Gasteiger partial charge is 0.494 e. The van der Waals surface area contributed by atoms with Gasteiger partial charge >= 0.3 is 5.97 Å². The zero-order valence-electron chi connectivity index (χ0n) is 14.5. The van der Waals surface area contributed by atoms with E-state index in [0.717, 1.165) is 6.42 Å². The van der Waals surface area contributed by atoms with Gasteiger partial charge in [0, 0.05) is 11.3 Å². The number of hydrogen-bond donors (Lipinski definition) is 3. The third kappa shape index (κ3) is 5.03. The Bertz CT molecular complexity index is 836. The second-order valence-corrected chi connectivity index (χ2v) is 5.98. The molecule has 0 aliphatic carbocycles. The SMILES string of the molecule is CCCOc1cccc(C(=O)NC(=S)Nc2cccc(C(=O)O)c2C)c1. The number of carboxylic acid groups (broad SMARTS) is 1. The van der Waals surface area contributed by atoms with Crippen LogP contribution >= 0.6 is 12.2 Å². The van der Waals surface area contributed by atoms with Crippen molar-refractivity contribution in [3.8, 4) is 5.75 Å². The topological polar surface area (TPSA) is 87.7 Å². The highest BCUT2D eigenvalue weighted by molar-refractivity contribution is 7.80. The van der Waals surface area contributed by atoms with E-state index in [2.05, 4.69) is 10.6 Å². The number of carboxylic acids is 1. The fraction of sp³-hybridized carbons (Fsp3) is 0.211. The van der Waals surface area contributed by atoms with Crippen molar-refractivity contribution in [2.75, 3.05) is 11.9 Å². The lowest BCUT2D eigenvalue weighted by Gasteiger charge is -2.13. The van der Waals surface area contributed by atoms with Crippen LogP contribution in [0, 0.1) is 6.92 Å². The molecule has 0 unspecified atom stereocenters. The predicted octanol–water partition coefficient (Wildman–Crippen LogP) is 3.61. The summed E-state index contributed by atoms with van der Waals surface area (Å²) in [6.07, 6.45) is 0.874. The smallest absolute Gasteiger partial charge is 0.336 e. The van der Waals surface area contributed by atoms with Gasteiger partial charge in [-0.3, -0.25) is 10.1 Å². The molecule has 0 atom stereocenters. The van der Waals surface area contributed by atoms with Gasteiger partial charge < -0.3 is 15.2 Å². The molecule has 3 N–H and O–H groups in total. The third-order valence-corrected chi connectivity index (χ3v) is 3.81. The highest BCUT2D eigenvalue weighted by Crippen LogP contribution is 2.19. The molecule has 0 aromatic heterocycles. The molecule has 1 amide bonds. The maximum atomic E-state index is 12.3. The summed E-state index contributed by atoms with van der Waals surface area (Å²) >= 11 is 5.16. The first-order valence-corrected chi connectivity index (χ1v) is 8.51. The summed E-state index contributed by atoms with van der Waals surface area (Å²) in [6, 6.07) is 11.6. The molecule has 2 rings (SSSR count). The van der Waals surface area contributed by atoms with E-state index in [1.54, 1.807) is 43.3 Å². The van der Waals surface area contributed by atoms with Crippen LogP contribution in [0.15, 0.2) is 42.5 Å². The van der Waals surface area contributed by atoms with Crippen LogP contribution in [0.5, 0.6) is 5.75 Å². The van der Waals surface area contributed by atoms with Gasteiger partial charge in [-0.2, -0.15) is 0 Å². The van der Waals surface area contributed by atoms with Gasteiger partial charge in [0.15, 0.2) is 5.11 Å². The Morgan fingerprint density at radius 3 is 2.62 bits per heavy atom. The Hall–Kier alpha value is -2.93. The molecule has 0 heterocycles. The number of carbonyl (C=O) groups excluding carboxylic acids is 1. The van der Waals surface area contributed by atoms with Gasteiger partial charge in [-0.1, -0.05) is 19.1 Å². The minimum absolute atomic E-state index is 0.0838. The molecule has 0 fully saturated rings. The highest BCUT2D eigenvalue weighted by Gasteiger charge is 2.13. The number of aromatic carboxylic acids is 1. The van der Waals surface area contributed by atoms with E-state index in [9.17, 15) is 9.59 Å². The summed E-state index contributed by atoms with van der Waals surface area (Å²) in [5, 5.41) is 14.7. The van der Waals surface area contributed by atoms with Gasteiger partial charge in [0.2, 0.25) is 0 Å². The van der Waals surface area contributed by atoms with Crippen LogP contribution in [0.1, 0.15) is 39.6 Å². The fourth-order valence-electron chi connectivity index (χ4n) is 2.28. The zero-order chi connectivity index (χ0) is 19.1. The molecule has 26 heavy (non-hydrogen) atoms. The minimum atomic E-state index is -1.02. The van der Waals surface area contributed by atoms with Gasteiger partial charge in [-0.15, -0.1) is 0 Å². The first kappa shape index (κ1) is 19.4. The summed E-state index contributed by atoms with van der Waals surface area (Å²) in [7, 11) is 0. The van der Waals surface area contributed by atoms with E-state index in [0.29, 0.717) is 29.2 Å². The van der Waals surface area contributed by atoms with E-state index >= 15 is 0 Å². The van der Waals surface area contributed by atoms with Crippen molar-refractivity contribution in [2.24, 2.45) is 0 Å². The number of benzene rings is 2.